The van der Waals surface area contributed by atoms with Crippen LogP contribution in [0.15, 0.2) is 29.3 Å². The minimum atomic E-state index is -0.382. The Bertz CT molecular complexity index is 902. The molecule has 140 valence electrons. The van der Waals surface area contributed by atoms with Crippen molar-refractivity contribution >= 4 is 23.5 Å². The van der Waals surface area contributed by atoms with E-state index in [0.29, 0.717) is 33.2 Å². The van der Waals surface area contributed by atoms with Crippen LogP contribution in [-0.4, -0.2) is 36.2 Å². The SMILES string of the molecule is CCOC(=O)CSc1nc(C)c(C(C)=O)c(-c2ccc(OC)cc2)c1C#N. The van der Waals surface area contributed by atoms with Crippen LogP contribution in [0.4, 0.5) is 0 Å². The molecule has 0 amide bonds. The van der Waals surface area contributed by atoms with E-state index in [1.807, 2.05) is 0 Å². The Morgan fingerprint density at radius 2 is 1.93 bits per heavy atom. The van der Waals surface area contributed by atoms with Crippen molar-refractivity contribution in [2.75, 3.05) is 19.5 Å². The van der Waals surface area contributed by atoms with E-state index in [-0.39, 0.29) is 29.7 Å². The lowest BCUT2D eigenvalue weighted by molar-refractivity contribution is -0.139. The number of Topliss-reactive ketones (excluding diaryl/α,β-unsaturated/α-hetero) is 1. The number of rotatable bonds is 7. The molecule has 6 nitrogen and oxygen atoms in total. The maximum atomic E-state index is 12.3. The van der Waals surface area contributed by atoms with Crippen LogP contribution >= 0.6 is 11.8 Å². The Balaban J connectivity index is 2.61. The van der Waals surface area contributed by atoms with Gasteiger partial charge in [0.1, 0.15) is 16.8 Å². The van der Waals surface area contributed by atoms with Crippen molar-refractivity contribution in [3.05, 3.63) is 41.1 Å². The first-order valence-corrected chi connectivity index (χ1v) is 9.29. The number of hydrogen-bond acceptors (Lipinski definition) is 7. The molecule has 2 aromatic rings. The monoisotopic (exact) mass is 384 g/mol. The molecule has 0 atom stereocenters. The van der Waals surface area contributed by atoms with Crippen LogP contribution in [0.1, 0.15) is 35.5 Å². The maximum absolute atomic E-state index is 12.3. The average Bonchev–Trinajstić information content (AvgIpc) is 2.65. The number of thioether (sulfide) groups is 1. The largest absolute Gasteiger partial charge is 0.497 e. The third-order valence-corrected chi connectivity index (χ3v) is 4.77. The van der Waals surface area contributed by atoms with Crippen LogP contribution < -0.4 is 4.74 Å². The number of aromatic nitrogens is 1. The number of esters is 1. The van der Waals surface area contributed by atoms with Crippen molar-refractivity contribution in [2.24, 2.45) is 0 Å². The molecule has 7 heteroatoms. The summed E-state index contributed by atoms with van der Waals surface area (Å²) in [6.07, 6.45) is 0. The van der Waals surface area contributed by atoms with Crippen molar-refractivity contribution in [3.63, 3.8) is 0 Å². The lowest BCUT2D eigenvalue weighted by Crippen LogP contribution is -2.10. The summed E-state index contributed by atoms with van der Waals surface area (Å²) in [6, 6.07) is 9.27. The van der Waals surface area contributed by atoms with Gasteiger partial charge >= 0.3 is 5.97 Å². The molecule has 0 unspecified atom stereocenters. The van der Waals surface area contributed by atoms with Crippen LogP contribution in [0.5, 0.6) is 5.75 Å². The summed E-state index contributed by atoms with van der Waals surface area (Å²) in [5, 5.41) is 10.2. The van der Waals surface area contributed by atoms with Gasteiger partial charge in [-0.1, -0.05) is 23.9 Å². The predicted molar refractivity (Wildman–Crippen MR) is 103 cm³/mol. The molecule has 0 N–H and O–H groups in total. The topological polar surface area (TPSA) is 89.3 Å². The molecule has 0 aliphatic carbocycles. The molecule has 1 aromatic heterocycles. The lowest BCUT2D eigenvalue weighted by atomic mass is 9.93. The summed E-state index contributed by atoms with van der Waals surface area (Å²) < 4.78 is 10.1. The van der Waals surface area contributed by atoms with Gasteiger partial charge in [-0.3, -0.25) is 9.59 Å². The standard InChI is InChI=1S/C20H20N2O4S/c1-5-26-17(24)11-27-20-16(10-21)19(18(13(3)23)12(2)22-20)14-6-8-15(25-4)9-7-14/h6-9H,5,11H2,1-4H3. The molecule has 0 aliphatic rings. The molecule has 0 bridgehead atoms. The maximum Gasteiger partial charge on any atom is 0.316 e. The molecule has 27 heavy (non-hydrogen) atoms. The summed E-state index contributed by atoms with van der Waals surface area (Å²) >= 11 is 1.13. The first-order valence-electron chi connectivity index (χ1n) is 8.31. The van der Waals surface area contributed by atoms with Gasteiger partial charge in [0.25, 0.3) is 0 Å². The molecule has 1 heterocycles. The highest BCUT2D eigenvalue weighted by Crippen LogP contribution is 2.35. The van der Waals surface area contributed by atoms with Gasteiger partial charge < -0.3 is 9.47 Å². The molecule has 0 radical (unpaired) electrons. The molecule has 0 aliphatic heterocycles. The zero-order valence-electron chi connectivity index (χ0n) is 15.7. The van der Waals surface area contributed by atoms with Crippen LogP contribution in [0.2, 0.25) is 0 Å². The van der Waals surface area contributed by atoms with Crippen LogP contribution in [0.3, 0.4) is 0 Å². The number of methoxy groups -OCH3 is 1. The highest BCUT2D eigenvalue weighted by molar-refractivity contribution is 7.99. The Hall–Kier alpha value is -2.85. The Morgan fingerprint density at radius 1 is 1.26 bits per heavy atom. The van der Waals surface area contributed by atoms with Gasteiger partial charge in [-0.2, -0.15) is 5.26 Å². The van der Waals surface area contributed by atoms with E-state index in [2.05, 4.69) is 11.1 Å². The van der Waals surface area contributed by atoms with Crippen molar-refractivity contribution in [2.45, 2.75) is 25.8 Å². The minimum absolute atomic E-state index is 0.0381. The first kappa shape index (κ1) is 20.5. The van der Waals surface area contributed by atoms with Gasteiger partial charge in [-0.25, -0.2) is 4.98 Å². The summed E-state index contributed by atoms with van der Waals surface area (Å²) in [4.78, 5) is 28.3. The number of carbonyl (C=O) groups excluding carboxylic acids is 2. The predicted octanol–water partition coefficient (Wildman–Crippen LogP) is 3.80. The van der Waals surface area contributed by atoms with E-state index in [0.717, 1.165) is 11.8 Å². The van der Waals surface area contributed by atoms with Crippen LogP contribution in [0.25, 0.3) is 11.1 Å². The number of ether oxygens (including phenoxy) is 2. The normalized spacial score (nSPS) is 10.2. The van der Waals surface area contributed by atoms with Crippen molar-refractivity contribution in [1.29, 1.82) is 5.26 Å². The summed E-state index contributed by atoms with van der Waals surface area (Å²) in [6.45, 7) is 5.19. The lowest BCUT2D eigenvalue weighted by Gasteiger charge is -2.15. The van der Waals surface area contributed by atoms with Gasteiger partial charge in [0.15, 0.2) is 5.78 Å². The molecule has 0 saturated heterocycles. The third kappa shape index (κ3) is 4.66. The summed E-state index contributed by atoms with van der Waals surface area (Å²) in [5.41, 5.74) is 2.41. The van der Waals surface area contributed by atoms with Gasteiger partial charge in [-0.05, 0) is 38.5 Å². The second kappa shape index (κ2) is 9.19. The van der Waals surface area contributed by atoms with E-state index in [4.69, 9.17) is 9.47 Å². The van der Waals surface area contributed by atoms with Crippen LogP contribution in [0, 0.1) is 18.3 Å². The molecule has 1 aromatic carbocycles. The number of hydrogen-bond donors (Lipinski definition) is 0. The fourth-order valence-electron chi connectivity index (χ4n) is 2.69. The Morgan fingerprint density at radius 3 is 2.44 bits per heavy atom. The van der Waals surface area contributed by atoms with Crippen molar-refractivity contribution < 1.29 is 19.1 Å². The smallest absolute Gasteiger partial charge is 0.316 e. The number of aryl methyl sites for hydroxylation is 1. The fourth-order valence-corrected chi connectivity index (χ4v) is 3.52. The molecule has 0 fully saturated rings. The second-order valence-corrected chi connectivity index (χ2v) is 6.58. The van der Waals surface area contributed by atoms with Crippen molar-refractivity contribution in [3.8, 4) is 22.9 Å². The number of ketones is 1. The van der Waals surface area contributed by atoms with E-state index < -0.39 is 0 Å². The molecule has 2 rings (SSSR count). The van der Waals surface area contributed by atoms with E-state index in [1.165, 1.54) is 6.92 Å². The summed E-state index contributed by atoms with van der Waals surface area (Å²) in [5.74, 6) is 0.150. The van der Waals surface area contributed by atoms with Gasteiger partial charge in [0.2, 0.25) is 0 Å². The van der Waals surface area contributed by atoms with E-state index in [9.17, 15) is 14.9 Å². The average molecular weight is 384 g/mol. The Kier molecular flexibility index (Phi) is 6.97. The number of carbonyl (C=O) groups is 2. The number of pyridine rings is 1. The van der Waals surface area contributed by atoms with Crippen molar-refractivity contribution in [1.82, 2.24) is 4.98 Å². The fraction of sp³-hybridized carbons (Fsp3) is 0.300. The molecular formula is C20H20N2O4S. The zero-order valence-corrected chi connectivity index (χ0v) is 16.5. The highest BCUT2D eigenvalue weighted by Gasteiger charge is 2.23. The van der Waals surface area contributed by atoms with Gasteiger partial charge in [0.05, 0.1) is 30.7 Å². The third-order valence-electron chi connectivity index (χ3n) is 3.82. The van der Waals surface area contributed by atoms with E-state index in [1.54, 1.807) is 45.2 Å². The van der Waals surface area contributed by atoms with Crippen LogP contribution in [-0.2, 0) is 9.53 Å². The molecule has 0 spiro atoms. The van der Waals surface area contributed by atoms with E-state index >= 15 is 0 Å². The Labute approximate surface area is 162 Å². The first-order chi connectivity index (χ1) is 12.9. The molecule has 0 saturated carbocycles. The number of nitrogens with zero attached hydrogens (tertiary/aromatic N) is 2. The quantitative estimate of drug-likeness (QED) is 0.407. The minimum Gasteiger partial charge on any atom is -0.497 e. The van der Waals surface area contributed by atoms with Gasteiger partial charge in [-0.15, -0.1) is 0 Å². The molecular weight excluding hydrogens is 364 g/mol. The summed E-state index contributed by atoms with van der Waals surface area (Å²) in [7, 11) is 1.57. The number of benzene rings is 1. The van der Waals surface area contributed by atoms with Gasteiger partial charge in [0, 0.05) is 11.1 Å². The number of nitriles is 1. The second-order valence-electron chi connectivity index (χ2n) is 5.62. The highest BCUT2D eigenvalue weighted by atomic mass is 32.2. The zero-order chi connectivity index (χ0) is 20.0.